The Labute approximate surface area is 188 Å². The molecule has 4 aromatic heterocycles. The summed E-state index contributed by atoms with van der Waals surface area (Å²) in [4.78, 5) is 30.4. The number of pyridine rings is 1. The van der Waals surface area contributed by atoms with Gasteiger partial charge in [0.15, 0.2) is 11.5 Å². The first kappa shape index (κ1) is 20.6. The summed E-state index contributed by atoms with van der Waals surface area (Å²) in [5.41, 5.74) is 1.53. The van der Waals surface area contributed by atoms with Crippen molar-refractivity contribution in [2.45, 2.75) is 32.2 Å². The fraction of sp³-hybridized carbons (Fsp3) is 0.273. The van der Waals surface area contributed by atoms with E-state index < -0.39 is 0 Å². The van der Waals surface area contributed by atoms with Gasteiger partial charge in [0.05, 0.1) is 11.9 Å². The number of aromatic nitrogens is 6. The molecule has 33 heavy (non-hydrogen) atoms. The predicted molar refractivity (Wildman–Crippen MR) is 123 cm³/mol. The summed E-state index contributed by atoms with van der Waals surface area (Å²) in [6.45, 7) is 1.83. The molecule has 4 aromatic rings. The van der Waals surface area contributed by atoms with Gasteiger partial charge in [0.2, 0.25) is 0 Å². The van der Waals surface area contributed by atoms with Crippen LogP contribution in [0.3, 0.4) is 0 Å². The number of aryl methyl sites for hydroxylation is 1. The molecule has 168 valence electrons. The summed E-state index contributed by atoms with van der Waals surface area (Å²) < 4.78 is 2.97. The van der Waals surface area contributed by atoms with E-state index in [4.69, 9.17) is 0 Å². The predicted octanol–water partition coefficient (Wildman–Crippen LogP) is 2.05. The van der Waals surface area contributed by atoms with Gasteiger partial charge in [-0.1, -0.05) is 0 Å². The number of fused-ring (bicyclic) bond motifs is 1. The third-order valence-electron chi connectivity index (χ3n) is 5.65. The molecular weight excluding hydrogens is 422 g/mol. The largest absolute Gasteiger partial charge is 0.373 e. The molecule has 5 rings (SSSR count). The molecule has 11 nitrogen and oxygen atoms in total. The summed E-state index contributed by atoms with van der Waals surface area (Å²) >= 11 is 0. The second-order valence-corrected chi connectivity index (χ2v) is 7.93. The molecule has 0 spiro atoms. The minimum atomic E-state index is -0.306. The summed E-state index contributed by atoms with van der Waals surface area (Å²) in [7, 11) is 1.75. The number of rotatable bonds is 6. The normalized spacial score (nSPS) is 13.5. The van der Waals surface area contributed by atoms with Gasteiger partial charge in [0, 0.05) is 25.4 Å². The van der Waals surface area contributed by atoms with Gasteiger partial charge in [-0.3, -0.25) is 14.2 Å². The van der Waals surface area contributed by atoms with E-state index >= 15 is 0 Å². The van der Waals surface area contributed by atoms with Crippen LogP contribution in [0.4, 0.5) is 17.3 Å². The Morgan fingerprint density at radius 1 is 1.18 bits per heavy atom. The molecule has 1 aliphatic carbocycles. The van der Waals surface area contributed by atoms with Crippen molar-refractivity contribution in [1.82, 2.24) is 34.7 Å². The van der Waals surface area contributed by atoms with Crippen molar-refractivity contribution < 1.29 is 4.79 Å². The average Bonchev–Trinajstić information content (AvgIpc) is 3.22. The van der Waals surface area contributed by atoms with Gasteiger partial charge in [0.1, 0.15) is 22.9 Å². The molecule has 0 radical (unpaired) electrons. The number of hydrogen-bond donors (Lipinski definition) is 3. The molecule has 0 bridgehead atoms. The number of anilines is 3. The van der Waals surface area contributed by atoms with E-state index in [0.717, 1.165) is 25.0 Å². The third-order valence-corrected chi connectivity index (χ3v) is 5.65. The van der Waals surface area contributed by atoms with E-state index in [2.05, 4.69) is 36.2 Å². The van der Waals surface area contributed by atoms with Gasteiger partial charge in [-0.2, -0.15) is 14.7 Å². The first-order valence-electron chi connectivity index (χ1n) is 10.7. The highest BCUT2D eigenvalue weighted by Crippen LogP contribution is 2.23. The molecule has 1 fully saturated rings. The van der Waals surface area contributed by atoms with E-state index in [0.29, 0.717) is 34.4 Å². The van der Waals surface area contributed by atoms with Crippen LogP contribution in [0.25, 0.3) is 11.5 Å². The summed E-state index contributed by atoms with van der Waals surface area (Å²) in [5.74, 6) is 1.22. The Morgan fingerprint density at radius 2 is 2.03 bits per heavy atom. The highest BCUT2D eigenvalue weighted by Gasteiger charge is 2.23. The highest BCUT2D eigenvalue weighted by atomic mass is 16.2. The van der Waals surface area contributed by atoms with Gasteiger partial charge in [-0.15, -0.1) is 5.10 Å². The van der Waals surface area contributed by atoms with Gasteiger partial charge in [-0.05, 0) is 50.5 Å². The second-order valence-electron chi connectivity index (χ2n) is 7.93. The van der Waals surface area contributed by atoms with Crippen LogP contribution < -0.4 is 21.5 Å². The first-order chi connectivity index (χ1) is 16.0. The summed E-state index contributed by atoms with van der Waals surface area (Å²) in [6, 6.07) is 8.83. The zero-order chi connectivity index (χ0) is 22.9. The fourth-order valence-corrected chi connectivity index (χ4v) is 3.61. The number of nitrogens with one attached hydrogen (secondary N) is 3. The van der Waals surface area contributed by atoms with Crippen molar-refractivity contribution in [2.24, 2.45) is 0 Å². The first-order valence-corrected chi connectivity index (χ1v) is 10.7. The smallest absolute Gasteiger partial charge is 0.280 e. The van der Waals surface area contributed by atoms with E-state index in [1.165, 1.54) is 10.8 Å². The monoisotopic (exact) mass is 445 g/mol. The van der Waals surface area contributed by atoms with E-state index in [1.807, 2.05) is 6.92 Å². The maximum absolute atomic E-state index is 13.1. The molecule has 0 unspecified atom stereocenters. The minimum absolute atomic E-state index is 0.199. The Hall–Kier alpha value is -4.28. The van der Waals surface area contributed by atoms with Gasteiger partial charge in [-0.25, -0.2) is 4.98 Å². The van der Waals surface area contributed by atoms with Crippen LogP contribution in [0.5, 0.6) is 0 Å². The molecule has 4 heterocycles. The van der Waals surface area contributed by atoms with Crippen molar-refractivity contribution in [1.29, 1.82) is 0 Å². The summed E-state index contributed by atoms with van der Waals surface area (Å²) in [5, 5.41) is 21.6. The van der Waals surface area contributed by atoms with E-state index in [-0.39, 0.29) is 17.5 Å². The van der Waals surface area contributed by atoms with Crippen LogP contribution in [0.2, 0.25) is 0 Å². The highest BCUT2D eigenvalue weighted by molar-refractivity contribution is 6.00. The lowest BCUT2D eigenvalue weighted by atomic mass is 9.93. The number of nitrogens with zero attached hydrogens (tertiary/aromatic N) is 6. The van der Waals surface area contributed by atoms with Gasteiger partial charge < -0.3 is 16.0 Å². The van der Waals surface area contributed by atoms with Crippen LogP contribution in [0.1, 0.15) is 35.3 Å². The van der Waals surface area contributed by atoms with Crippen molar-refractivity contribution in [3.05, 3.63) is 64.3 Å². The number of carbonyl (C=O) groups excluding carboxylic acids is 1. The Morgan fingerprint density at radius 3 is 2.73 bits per heavy atom. The van der Waals surface area contributed by atoms with E-state index in [1.54, 1.807) is 48.1 Å². The summed E-state index contributed by atoms with van der Waals surface area (Å²) in [6.07, 6.45) is 6.23. The molecule has 1 amide bonds. The van der Waals surface area contributed by atoms with Crippen LogP contribution in [-0.2, 0) is 0 Å². The molecule has 0 aliphatic heterocycles. The maximum atomic E-state index is 13.1. The van der Waals surface area contributed by atoms with Crippen molar-refractivity contribution >= 4 is 28.9 Å². The molecule has 11 heteroatoms. The number of hydrogen-bond acceptors (Lipinski definition) is 8. The Kier molecular flexibility index (Phi) is 5.21. The molecule has 0 aromatic carbocycles. The Balaban J connectivity index is 1.50. The van der Waals surface area contributed by atoms with Crippen molar-refractivity contribution in [2.75, 3.05) is 17.7 Å². The van der Waals surface area contributed by atoms with Crippen LogP contribution in [0, 0.1) is 6.92 Å². The molecule has 3 N–H and O–H groups in total. The quantitative estimate of drug-likeness (QED) is 0.411. The lowest BCUT2D eigenvalue weighted by Gasteiger charge is -2.26. The molecule has 1 saturated carbocycles. The zero-order valence-electron chi connectivity index (χ0n) is 18.2. The van der Waals surface area contributed by atoms with Crippen LogP contribution in [0.15, 0.2) is 47.5 Å². The molecule has 1 aliphatic rings. The SMILES string of the molecule is CNc1cc(Nc2cccn(-c3ccc(C)nn3)c2=O)nc2c(C(=O)NC3CCC3)cnn12. The standard InChI is InChI=1S/C22H23N9O2/c1-13-8-9-18(29-28-13)30-10-4-7-16(22(30)33)26-17-11-19(23-2)31-20(27-17)15(12-24-31)21(32)25-14-5-3-6-14/h4,7-12,14,23H,3,5-6H2,1-2H3,(H,25,32)(H,26,27). The molecular formula is C22H23N9O2. The average molecular weight is 445 g/mol. The van der Waals surface area contributed by atoms with Crippen LogP contribution >= 0.6 is 0 Å². The molecule has 0 atom stereocenters. The maximum Gasteiger partial charge on any atom is 0.280 e. The topological polar surface area (TPSA) is 131 Å². The van der Waals surface area contributed by atoms with Crippen molar-refractivity contribution in [3.63, 3.8) is 0 Å². The minimum Gasteiger partial charge on any atom is -0.373 e. The Bertz CT molecular complexity index is 1390. The van der Waals surface area contributed by atoms with E-state index in [9.17, 15) is 9.59 Å². The van der Waals surface area contributed by atoms with Gasteiger partial charge in [0.25, 0.3) is 11.5 Å². The number of carbonyl (C=O) groups is 1. The third kappa shape index (κ3) is 3.88. The van der Waals surface area contributed by atoms with Crippen LogP contribution in [-0.4, -0.2) is 48.4 Å². The lowest BCUT2D eigenvalue weighted by Crippen LogP contribution is -2.39. The second kappa shape index (κ2) is 8.34. The zero-order valence-corrected chi connectivity index (χ0v) is 18.2. The lowest BCUT2D eigenvalue weighted by molar-refractivity contribution is 0.0918. The van der Waals surface area contributed by atoms with Gasteiger partial charge >= 0.3 is 0 Å². The number of amides is 1. The fourth-order valence-electron chi connectivity index (χ4n) is 3.61. The van der Waals surface area contributed by atoms with Crippen molar-refractivity contribution in [3.8, 4) is 5.82 Å². The molecule has 0 saturated heterocycles.